The molecule has 1 aliphatic heterocycles. The van der Waals surface area contributed by atoms with Gasteiger partial charge in [0.1, 0.15) is 0 Å². The molecule has 3 heteroatoms. The summed E-state index contributed by atoms with van der Waals surface area (Å²) < 4.78 is 0. The Kier molecular flexibility index (Phi) is 4.59. The third kappa shape index (κ3) is 3.46. The van der Waals surface area contributed by atoms with Gasteiger partial charge in [0.15, 0.2) is 0 Å². The number of halogens is 1. The average molecular weight is 301 g/mol. The SMILES string of the molecule is NC[C@@H]1CN(Cc2cccc(Cl)c2)C[C@H]1c1ccccc1. The first-order chi connectivity index (χ1) is 10.3. The Morgan fingerprint density at radius 2 is 1.86 bits per heavy atom. The van der Waals surface area contributed by atoms with Crippen LogP contribution in [0.3, 0.4) is 0 Å². The molecule has 2 atom stereocenters. The summed E-state index contributed by atoms with van der Waals surface area (Å²) in [6.07, 6.45) is 0. The summed E-state index contributed by atoms with van der Waals surface area (Å²) in [5.74, 6) is 1.07. The van der Waals surface area contributed by atoms with Crippen molar-refractivity contribution in [3.63, 3.8) is 0 Å². The van der Waals surface area contributed by atoms with E-state index < -0.39 is 0 Å². The normalized spacial score (nSPS) is 22.6. The van der Waals surface area contributed by atoms with Crippen LogP contribution < -0.4 is 5.73 Å². The quantitative estimate of drug-likeness (QED) is 0.936. The summed E-state index contributed by atoms with van der Waals surface area (Å²) in [4.78, 5) is 2.49. The first kappa shape index (κ1) is 14.6. The standard InChI is InChI=1S/C18H21ClN2/c19-17-8-4-5-14(9-17)11-21-12-16(10-20)18(13-21)15-6-2-1-3-7-15/h1-9,16,18H,10-13,20H2/t16-,18+/m1/s1. The number of hydrogen-bond donors (Lipinski definition) is 1. The predicted molar refractivity (Wildman–Crippen MR) is 88.5 cm³/mol. The molecule has 1 fully saturated rings. The zero-order chi connectivity index (χ0) is 14.7. The van der Waals surface area contributed by atoms with Crippen molar-refractivity contribution in [1.29, 1.82) is 0 Å². The minimum Gasteiger partial charge on any atom is -0.330 e. The predicted octanol–water partition coefficient (Wildman–Crippen LogP) is 3.51. The van der Waals surface area contributed by atoms with E-state index in [1.807, 2.05) is 12.1 Å². The smallest absolute Gasteiger partial charge is 0.0409 e. The third-order valence-electron chi connectivity index (χ3n) is 4.34. The fourth-order valence-corrected chi connectivity index (χ4v) is 3.51. The Balaban J connectivity index is 1.72. The van der Waals surface area contributed by atoms with Crippen LogP contribution in [-0.2, 0) is 6.54 Å². The number of benzene rings is 2. The van der Waals surface area contributed by atoms with E-state index in [1.54, 1.807) is 0 Å². The van der Waals surface area contributed by atoms with Gasteiger partial charge in [-0.2, -0.15) is 0 Å². The molecular formula is C18H21ClN2. The van der Waals surface area contributed by atoms with Crippen molar-refractivity contribution in [3.8, 4) is 0 Å². The van der Waals surface area contributed by atoms with E-state index in [4.69, 9.17) is 17.3 Å². The summed E-state index contributed by atoms with van der Waals surface area (Å²) in [5.41, 5.74) is 8.67. The third-order valence-corrected chi connectivity index (χ3v) is 4.58. The minimum atomic E-state index is 0.534. The molecule has 1 aliphatic rings. The number of hydrogen-bond acceptors (Lipinski definition) is 2. The second-order valence-corrected chi connectivity index (χ2v) is 6.27. The molecule has 1 saturated heterocycles. The largest absolute Gasteiger partial charge is 0.330 e. The lowest BCUT2D eigenvalue weighted by atomic mass is 9.89. The maximum Gasteiger partial charge on any atom is 0.0409 e. The van der Waals surface area contributed by atoms with Crippen LogP contribution in [0.5, 0.6) is 0 Å². The maximum absolute atomic E-state index is 6.07. The van der Waals surface area contributed by atoms with E-state index in [1.165, 1.54) is 11.1 Å². The van der Waals surface area contributed by atoms with Crippen molar-refractivity contribution in [3.05, 3.63) is 70.7 Å². The van der Waals surface area contributed by atoms with E-state index >= 15 is 0 Å². The van der Waals surface area contributed by atoms with Gasteiger partial charge in [-0.25, -0.2) is 0 Å². The van der Waals surface area contributed by atoms with Gasteiger partial charge in [0, 0.05) is 30.6 Å². The Bertz CT molecular complexity index is 585. The zero-order valence-electron chi connectivity index (χ0n) is 12.1. The minimum absolute atomic E-state index is 0.534. The molecule has 0 aliphatic carbocycles. The van der Waals surface area contributed by atoms with E-state index in [-0.39, 0.29) is 0 Å². The number of rotatable bonds is 4. The topological polar surface area (TPSA) is 29.3 Å². The van der Waals surface area contributed by atoms with Crippen molar-refractivity contribution in [2.75, 3.05) is 19.6 Å². The lowest BCUT2D eigenvalue weighted by Gasteiger charge is -2.17. The van der Waals surface area contributed by atoms with Crippen molar-refractivity contribution >= 4 is 11.6 Å². The molecule has 0 amide bonds. The van der Waals surface area contributed by atoms with Gasteiger partial charge in [-0.15, -0.1) is 0 Å². The molecule has 2 nitrogen and oxygen atoms in total. The lowest BCUT2D eigenvalue weighted by Crippen LogP contribution is -2.23. The molecule has 2 N–H and O–H groups in total. The first-order valence-corrected chi connectivity index (χ1v) is 7.86. The number of nitrogens with zero attached hydrogens (tertiary/aromatic N) is 1. The van der Waals surface area contributed by atoms with Gasteiger partial charge in [-0.05, 0) is 35.7 Å². The van der Waals surface area contributed by atoms with Crippen LogP contribution in [0.15, 0.2) is 54.6 Å². The molecule has 21 heavy (non-hydrogen) atoms. The number of likely N-dealkylation sites (tertiary alicyclic amines) is 1. The van der Waals surface area contributed by atoms with Crippen LogP contribution in [0, 0.1) is 5.92 Å². The Labute approximate surface area is 131 Å². The van der Waals surface area contributed by atoms with Crippen molar-refractivity contribution in [1.82, 2.24) is 4.90 Å². The Morgan fingerprint density at radius 3 is 2.57 bits per heavy atom. The Morgan fingerprint density at radius 1 is 1.05 bits per heavy atom. The molecule has 0 saturated carbocycles. The fourth-order valence-electron chi connectivity index (χ4n) is 3.30. The highest BCUT2D eigenvalue weighted by Crippen LogP contribution is 2.32. The molecule has 1 heterocycles. The monoisotopic (exact) mass is 300 g/mol. The second-order valence-electron chi connectivity index (χ2n) is 5.84. The van der Waals surface area contributed by atoms with Crippen molar-refractivity contribution in [2.45, 2.75) is 12.5 Å². The van der Waals surface area contributed by atoms with Gasteiger partial charge in [0.2, 0.25) is 0 Å². The zero-order valence-corrected chi connectivity index (χ0v) is 12.8. The van der Waals surface area contributed by atoms with E-state index in [0.29, 0.717) is 11.8 Å². The van der Waals surface area contributed by atoms with Crippen LogP contribution in [0.1, 0.15) is 17.0 Å². The van der Waals surface area contributed by atoms with Crippen LogP contribution in [0.25, 0.3) is 0 Å². The first-order valence-electron chi connectivity index (χ1n) is 7.48. The number of nitrogens with two attached hydrogens (primary N) is 1. The van der Waals surface area contributed by atoms with Crippen LogP contribution in [0.2, 0.25) is 5.02 Å². The van der Waals surface area contributed by atoms with Crippen LogP contribution >= 0.6 is 11.6 Å². The van der Waals surface area contributed by atoms with E-state index in [9.17, 15) is 0 Å². The average Bonchev–Trinajstić information content (AvgIpc) is 2.91. The molecule has 0 bridgehead atoms. The summed E-state index contributed by atoms with van der Waals surface area (Å²) in [6.45, 7) is 3.81. The van der Waals surface area contributed by atoms with Gasteiger partial charge >= 0.3 is 0 Å². The molecule has 110 valence electrons. The maximum atomic E-state index is 6.07. The summed E-state index contributed by atoms with van der Waals surface area (Å²) >= 11 is 6.07. The summed E-state index contributed by atoms with van der Waals surface area (Å²) in [6, 6.07) is 18.9. The molecule has 0 unspecified atom stereocenters. The van der Waals surface area contributed by atoms with E-state index in [2.05, 4.69) is 47.4 Å². The molecule has 2 aromatic rings. The van der Waals surface area contributed by atoms with E-state index in [0.717, 1.165) is 31.2 Å². The van der Waals surface area contributed by atoms with Crippen molar-refractivity contribution in [2.24, 2.45) is 11.7 Å². The summed E-state index contributed by atoms with van der Waals surface area (Å²) in [7, 11) is 0. The molecule has 0 spiro atoms. The second kappa shape index (κ2) is 6.61. The van der Waals surface area contributed by atoms with Crippen molar-refractivity contribution < 1.29 is 0 Å². The van der Waals surface area contributed by atoms with Gasteiger partial charge in [-0.3, -0.25) is 4.90 Å². The molecule has 3 rings (SSSR count). The highest BCUT2D eigenvalue weighted by molar-refractivity contribution is 6.30. The lowest BCUT2D eigenvalue weighted by molar-refractivity contribution is 0.317. The van der Waals surface area contributed by atoms with Gasteiger partial charge in [0.25, 0.3) is 0 Å². The van der Waals surface area contributed by atoms with Crippen LogP contribution in [-0.4, -0.2) is 24.5 Å². The molecule has 0 radical (unpaired) electrons. The fraction of sp³-hybridized carbons (Fsp3) is 0.333. The molecular weight excluding hydrogens is 280 g/mol. The van der Waals surface area contributed by atoms with Gasteiger partial charge < -0.3 is 5.73 Å². The van der Waals surface area contributed by atoms with Gasteiger partial charge in [0.05, 0.1) is 0 Å². The molecule has 2 aromatic carbocycles. The molecule has 0 aromatic heterocycles. The highest BCUT2D eigenvalue weighted by Gasteiger charge is 2.32. The highest BCUT2D eigenvalue weighted by atomic mass is 35.5. The summed E-state index contributed by atoms with van der Waals surface area (Å²) in [5, 5.41) is 0.807. The van der Waals surface area contributed by atoms with Crippen LogP contribution in [0.4, 0.5) is 0 Å². The van der Waals surface area contributed by atoms with Gasteiger partial charge in [-0.1, -0.05) is 54.1 Å². The Hall–Kier alpha value is -1.35.